The van der Waals surface area contributed by atoms with Gasteiger partial charge in [0.05, 0.1) is 10.4 Å². The van der Waals surface area contributed by atoms with Crippen LogP contribution in [0.4, 0.5) is 10.5 Å². The van der Waals surface area contributed by atoms with E-state index in [2.05, 4.69) is 15.0 Å². The summed E-state index contributed by atoms with van der Waals surface area (Å²) in [5, 5.41) is 3.49. The van der Waals surface area contributed by atoms with Crippen LogP contribution in [0.15, 0.2) is 89.8 Å². The molecule has 0 bridgehead atoms. The summed E-state index contributed by atoms with van der Waals surface area (Å²) in [7, 11) is -4.13. The van der Waals surface area contributed by atoms with Gasteiger partial charge in [-0.15, -0.1) is 0 Å². The van der Waals surface area contributed by atoms with E-state index in [0.717, 1.165) is 22.2 Å². The molecule has 3 amide bonds. The summed E-state index contributed by atoms with van der Waals surface area (Å²) in [6.45, 7) is 5.75. The van der Waals surface area contributed by atoms with E-state index in [1.54, 1.807) is 30.0 Å². The van der Waals surface area contributed by atoms with Crippen molar-refractivity contribution in [2.45, 2.75) is 38.1 Å². The number of urea groups is 1. The molecule has 0 saturated carbocycles. The lowest BCUT2D eigenvalue weighted by molar-refractivity contribution is -0.120. The SMILES string of the molecule is CCN(C(=O)C(Cc1ccccc1)NC(=O)NS(=O)(=O)c1ccccc1C)c1ccc2nc(C)ccc2c1. The molecule has 196 valence electrons. The maximum absolute atomic E-state index is 13.8. The Balaban J connectivity index is 1.61. The number of likely N-dealkylation sites (N-methyl/N-ethyl adjacent to an activating group) is 1. The van der Waals surface area contributed by atoms with Crippen molar-refractivity contribution in [1.82, 2.24) is 15.0 Å². The molecule has 0 radical (unpaired) electrons. The summed E-state index contributed by atoms with van der Waals surface area (Å²) in [5.74, 6) is -0.362. The second kappa shape index (κ2) is 11.4. The van der Waals surface area contributed by atoms with Gasteiger partial charge in [-0.25, -0.2) is 17.9 Å². The molecule has 0 saturated heterocycles. The zero-order valence-corrected chi connectivity index (χ0v) is 22.3. The molecule has 0 aliphatic rings. The molecule has 0 aliphatic carbocycles. The molecule has 2 N–H and O–H groups in total. The van der Waals surface area contributed by atoms with Gasteiger partial charge in [0.15, 0.2) is 0 Å². The molecule has 1 heterocycles. The van der Waals surface area contributed by atoms with Crippen LogP contribution in [0.5, 0.6) is 0 Å². The quantitative estimate of drug-likeness (QED) is 0.349. The van der Waals surface area contributed by atoms with E-state index in [0.29, 0.717) is 17.8 Å². The Labute approximate surface area is 222 Å². The Bertz CT molecular complexity index is 1570. The summed E-state index contributed by atoms with van der Waals surface area (Å²) in [6, 6.07) is 23.0. The van der Waals surface area contributed by atoms with Crippen LogP contribution in [-0.4, -0.2) is 37.9 Å². The van der Waals surface area contributed by atoms with Crippen LogP contribution >= 0.6 is 0 Å². The fraction of sp³-hybridized carbons (Fsp3) is 0.207. The summed E-state index contributed by atoms with van der Waals surface area (Å²) in [6.07, 6.45) is 0.183. The van der Waals surface area contributed by atoms with E-state index >= 15 is 0 Å². The first-order valence-corrected chi connectivity index (χ1v) is 13.8. The Hall–Kier alpha value is -4.24. The van der Waals surface area contributed by atoms with Crippen molar-refractivity contribution >= 4 is 38.6 Å². The van der Waals surface area contributed by atoms with E-state index in [9.17, 15) is 18.0 Å². The number of hydrogen-bond donors (Lipinski definition) is 2. The average Bonchev–Trinajstić information content (AvgIpc) is 2.89. The highest BCUT2D eigenvalue weighted by Gasteiger charge is 2.29. The molecule has 3 aromatic carbocycles. The third-order valence-electron chi connectivity index (χ3n) is 6.20. The molecule has 0 spiro atoms. The minimum atomic E-state index is -4.13. The van der Waals surface area contributed by atoms with Crippen molar-refractivity contribution < 1.29 is 18.0 Å². The number of carbonyl (C=O) groups excluding carboxylic acids is 2. The molecule has 38 heavy (non-hydrogen) atoms. The number of nitrogens with one attached hydrogen (secondary N) is 2. The lowest BCUT2D eigenvalue weighted by Crippen LogP contribution is -2.53. The van der Waals surface area contributed by atoms with Crippen molar-refractivity contribution in [3.63, 3.8) is 0 Å². The minimum absolute atomic E-state index is 0.00344. The number of nitrogens with zero attached hydrogens (tertiary/aromatic N) is 2. The maximum Gasteiger partial charge on any atom is 0.329 e. The van der Waals surface area contributed by atoms with Crippen LogP contribution in [-0.2, 0) is 21.2 Å². The van der Waals surface area contributed by atoms with Crippen molar-refractivity contribution in [2.75, 3.05) is 11.4 Å². The minimum Gasteiger partial charge on any atom is -0.325 e. The van der Waals surface area contributed by atoms with E-state index in [1.165, 1.54) is 6.07 Å². The highest BCUT2D eigenvalue weighted by Crippen LogP contribution is 2.23. The van der Waals surface area contributed by atoms with Gasteiger partial charge in [0.25, 0.3) is 10.0 Å². The standard InChI is InChI=1S/C29H30N4O4S/c1-4-33(24-16-17-25-23(19-24)15-14-21(3)30-25)28(34)26(18-22-11-6-5-7-12-22)31-29(35)32-38(36,37)27-13-9-8-10-20(27)2/h5-17,19,26H,4,18H2,1-3H3,(H2,31,32,35). The second-order valence-electron chi connectivity index (χ2n) is 9.00. The highest BCUT2D eigenvalue weighted by atomic mass is 32.2. The van der Waals surface area contributed by atoms with Gasteiger partial charge in [-0.05, 0) is 62.2 Å². The van der Waals surface area contributed by atoms with Crippen LogP contribution in [0.3, 0.4) is 0 Å². The molecule has 8 nitrogen and oxygen atoms in total. The summed E-state index contributed by atoms with van der Waals surface area (Å²) in [5.41, 5.74) is 3.69. The third-order valence-corrected chi connectivity index (χ3v) is 7.69. The smallest absolute Gasteiger partial charge is 0.325 e. The van der Waals surface area contributed by atoms with Crippen LogP contribution in [0.25, 0.3) is 10.9 Å². The lowest BCUT2D eigenvalue weighted by atomic mass is 10.0. The van der Waals surface area contributed by atoms with Gasteiger partial charge in [0.1, 0.15) is 6.04 Å². The molecule has 1 atom stereocenters. The Kier molecular flexibility index (Phi) is 8.07. The third kappa shape index (κ3) is 6.18. The van der Waals surface area contributed by atoms with E-state index in [-0.39, 0.29) is 17.2 Å². The lowest BCUT2D eigenvalue weighted by Gasteiger charge is -2.27. The number of aromatic nitrogens is 1. The zero-order valence-electron chi connectivity index (χ0n) is 21.5. The second-order valence-corrected chi connectivity index (χ2v) is 10.6. The van der Waals surface area contributed by atoms with Gasteiger partial charge >= 0.3 is 6.03 Å². The molecule has 1 unspecified atom stereocenters. The molecule has 0 fully saturated rings. The number of aryl methyl sites for hydroxylation is 2. The summed E-state index contributed by atoms with van der Waals surface area (Å²) < 4.78 is 27.8. The van der Waals surface area contributed by atoms with E-state index < -0.39 is 22.1 Å². The number of amides is 3. The average molecular weight is 531 g/mol. The molecule has 4 aromatic rings. The number of benzene rings is 3. The molecule has 4 rings (SSSR count). The van der Waals surface area contributed by atoms with Gasteiger partial charge in [-0.3, -0.25) is 9.78 Å². The van der Waals surface area contributed by atoms with Gasteiger partial charge in [-0.2, -0.15) is 0 Å². The number of fused-ring (bicyclic) bond motifs is 1. The normalized spacial score (nSPS) is 12.1. The molecular weight excluding hydrogens is 500 g/mol. The van der Waals surface area contributed by atoms with Gasteiger partial charge in [0, 0.05) is 29.7 Å². The fourth-order valence-electron chi connectivity index (χ4n) is 4.31. The zero-order chi connectivity index (χ0) is 27.3. The van der Waals surface area contributed by atoms with Crippen molar-refractivity contribution in [3.05, 3.63) is 102 Å². The largest absolute Gasteiger partial charge is 0.329 e. The monoisotopic (exact) mass is 530 g/mol. The fourth-order valence-corrected chi connectivity index (χ4v) is 5.47. The van der Waals surface area contributed by atoms with Gasteiger partial charge in [-0.1, -0.05) is 54.6 Å². The molecular formula is C29H30N4O4S. The predicted octanol–water partition coefficient (Wildman–Crippen LogP) is 4.50. The molecule has 0 aliphatic heterocycles. The Morgan fingerprint density at radius 3 is 2.34 bits per heavy atom. The number of sulfonamides is 1. The topological polar surface area (TPSA) is 108 Å². The van der Waals surface area contributed by atoms with Gasteiger partial charge in [0.2, 0.25) is 5.91 Å². The number of rotatable bonds is 8. The number of hydrogen-bond acceptors (Lipinski definition) is 5. The number of anilines is 1. The van der Waals surface area contributed by atoms with Crippen LogP contribution in [0.2, 0.25) is 0 Å². The first kappa shape index (κ1) is 26.8. The first-order valence-electron chi connectivity index (χ1n) is 12.3. The molecule has 1 aromatic heterocycles. The number of pyridine rings is 1. The molecule has 9 heteroatoms. The maximum atomic E-state index is 13.8. The van der Waals surface area contributed by atoms with Crippen LogP contribution in [0, 0.1) is 13.8 Å². The van der Waals surface area contributed by atoms with Crippen LogP contribution < -0.4 is 14.9 Å². The van der Waals surface area contributed by atoms with Crippen LogP contribution in [0.1, 0.15) is 23.7 Å². The predicted molar refractivity (Wildman–Crippen MR) is 148 cm³/mol. The summed E-state index contributed by atoms with van der Waals surface area (Å²) in [4.78, 5) is 32.8. The number of carbonyl (C=O) groups is 2. The van der Waals surface area contributed by atoms with E-state index in [4.69, 9.17) is 0 Å². The Morgan fingerprint density at radius 2 is 1.63 bits per heavy atom. The van der Waals surface area contributed by atoms with E-state index in [1.807, 2.05) is 74.5 Å². The summed E-state index contributed by atoms with van der Waals surface area (Å²) >= 11 is 0. The van der Waals surface area contributed by atoms with Crippen molar-refractivity contribution in [2.24, 2.45) is 0 Å². The van der Waals surface area contributed by atoms with Crippen molar-refractivity contribution in [3.8, 4) is 0 Å². The highest BCUT2D eigenvalue weighted by molar-refractivity contribution is 7.90. The van der Waals surface area contributed by atoms with Gasteiger partial charge < -0.3 is 10.2 Å². The Morgan fingerprint density at radius 1 is 0.921 bits per heavy atom. The first-order chi connectivity index (χ1) is 18.2. The van der Waals surface area contributed by atoms with Crippen molar-refractivity contribution in [1.29, 1.82) is 0 Å².